The molecule has 3 heterocycles. The van der Waals surface area contributed by atoms with E-state index in [-0.39, 0.29) is 108 Å². The molecule has 4 atom stereocenters. The highest BCUT2D eigenvalue weighted by molar-refractivity contribution is 8.00. The smallest absolute Gasteiger partial charge is 0.327 e. The van der Waals surface area contributed by atoms with Crippen LogP contribution in [0.2, 0.25) is 0 Å². The number of hydrogen-bond donors (Lipinski definition) is 4. The molecule has 0 saturated carbocycles. The van der Waals surface area contributed by atoms with Gasteiger partial charge in [-0.1, -0.05) is 51.1 Å². The number of carboxylic acids is 1. The molecule has 4 N–H and O–H groups in total. The Labute approximate surface area is 409 Å². The zero-order chi connectivity index (χ0) is 50.6. The Bertz CT molecular complexity index is 2240. The number of nitrogens with zero attached hydrogens (tertiary/aromatic N) is 3. The number of aromatic nitrogens is 1. The van der Waals surface area contributed by atoms with Crippen molar-refractivity contribution in [3.05, 3.63) is 95.8 Å². The molecular formula is C49H63F3N6O11S. The lowest BCUT2D eigenvalue weighted by Gasteiger charge is -2.42. The van der Waals surface area contributed by atoms with Crippen LogP contribution in [0.25, 0.3) is 11.1 Å². The lowest BCUT2D eigenvalue weighted by atomic mass is 9.82. The lowest BCUT2D eigenvalue weighted by molar-refractivity contribution is -0.141. The first kappa shape index (κ1) is 55.3. The summed E-state index contributed by atoms with van der Waals surface area (Å²) in [6, 6.07) is 12.5. The summed E-state index contributed by atoms with van der Waals surface area (Å²) in [4.78, 5) is 76.9. The Kier molecular flexibility index (Phi) is 21.9. The van der Waals surface area contributed by atoms with Gasteiger partial charge in [-0.3, -0.25) is 28.9 Å². The van der Waals surface area contributed by atoms with Gasteiger partial charge >= 0.3 is 5.97 Å². The Morgan fingerprint density at radius 2 is 1.51 bits per heavy atom. The average Bonchev–Trinajstić information content (AvgIpc) is 4.01. The van der Waals surface area contributed by atoms with Crippen molar-refractivity contribution in [2.75, 3.05) is 97.1 Å². The fraction of sp³-hybridized carbons (Fsp3) is 0.510. The number of halogens is 3. The number of carbonyl (C=O) groups excluding carboxylic acids is 5. The molecule has 382 valence electrons. The Balaban J connectivity index is 1.06. The summed E-state index contributed by atoms with van der Waals surface area (Å²) < 4.78 is 68.7. The van der Waals surface area contributed by atoms with E-state index in [2.05, 4.69) is 16.0 Å². The SMILES string of the molecule is CC(C)(C)[C@H](c1cc(-c2cc(F)ccc2F)cn1Cc1ccccc1)N(C[C@@H]1CNC[C@@H]1F)C(=O)CSC[C@H](NC(=O)CCOCCOCCOCCOCCNC(=O)CN1C(=O)C=CC1=O)C(=O)O. The number of alkyl halides is 1. The van der Waals surface area contributed by atoms with Crippen LogP contribution >= 0.6 is 11.8 Å². The monoisotopic (exact) mass is 1000 g/mol. The highest BCUT2D eigenvalue weighted by Gasteiger charge is 2.40. The van der Waals surface area contributed by atoms with Crippen molar-refractivity contribution in [3.63, 3.8) is 0 Å². The first-order valence-corrected chi connectivity index (χ1v) is 24.2. The third kappa shape index (κ3) is 17.4. The molecule has 1 saturated heterocycles. The van der Waals surface area contributed by atoms with Gasteiger partial charge in [-0.25, -0.2) is 18.0 Å². The molecule has 17 nitrogen and oxygen atoms in total. The summed E-state index contributed by atoms with van der Waals surface area (Å²) in [5, 5.41) is 18.1. The van der Waals surface area contributed by atoms with Gasteiger partial charge in [0.1, 0.15) is 30.4 Å². The van der Waals surface area contributed by atoms with Crippen LogP contribution in [0.1, 0.15) is 44.5 Å². The van der Waals surface area contributed by atoms with Crippen molar-refractivity contribution < 1.29 is 66.0 Å². The zero-order valence-electron chi connectivity index (χ0n) is 39.7. The molecule has 2 aliphatic rings. The fourth-order valence-corrected chi connectivity index (χ4v) is 8.78. The van der Waals surface area contributed by atoms with Gasteiger partial charge in [-0.2, -0.15) is 0 Å². The van der Waals surface area contributed by atoms with Crippen LogP contribution < -0.4 is 16.0 Å². The molecule has 0 aliphatic carbocycles. The number of hydrogen-bond acceptors (Lipinski definition) is 12. The topological polar surface area (TPSA) is 207 Å². The zero-order valence-corrected chi connectivity index (χ0v) is 40.5. The third-order valence-corrected chi connectivity index (χ3v) is 12.3. The van der Waals surface area contributed by atoms with Gasteiger partial charge in [-0.15, -0.1) is 11.8 Å². The van der Waals surface area contributed by atoms with Crippen molar-refractivity contribution in [1.29, 1.82) is 0 Å². The summed E-state index contributed by atoms with van der Waals surface area (Å²) in [5.41, 5.74) is 1.32. The maximum Gasteiger partial charge on any atom is 0.327 e. The van der Waals surface area contributed by atoms with E-state index >= 15 is 8.78 Å². The largest absolute Gasteiger partial charge is 0.480 e. The molecule has 3 aromatic rings. The first-order valence-electron chi connectivity index (χ1n) is 23.1. The van der Waals surface area contributed by atoms with Crippen LogP contribution in [0.15, 0.2) is 72.9 Å². The van der Waals surface area contributed by atoms with E-state index in [0.29, 0.717) is 24.3 Å². The Morgan fingerprint density at radius 1 is 0.871 bits per heavy atom. The van der Waals surface area contributed by atoms with Gasteiger partial charge in [0.05, 0.1) is 64.6 Å². The van der Waals surface area contributed by atoms with Crippen LogP contribution in [-0.4, -0.2) is 164 Å². The van der Waals surface area contributed by atoms with Gasteiger partial charge < -0.3 is 49.5 Å². The number of thioether (sulfide) groups is 1. The van der Waals surface area contributed by atoms with Crippen molar-refractivity contribution in [2.24, 2.45) is 11.3 Å². The van der Waals surface area contributed by atoms with Crippen LogP contribution in [0.4, 0.5) is 13.2 Å². The van der Waals surface area contributed by atoms with E-state index in [4.69, 9.17) is 18.9 Å². The summed E-state index contributed by atoms with van der Waals surface area (Å²) in [7, 11) is 0. The quantitative estimate of drug-likeness (QED) is 0.0556. The van der Waals surface area contributed by atoms with Crippen molar-refractivity contribution in [2.45, 2.75) is 52.0 Å². The Morgan fingerprint density at radius 3 is 2.13 bits per heavy atom. The van der Waals surface area contributed by atoms with Gasteiger partial charge in [0, 0.05) is 86.0 Å². The minimum atomic E-state index is -1.32. The first-order chi connectivity index (χ1) is 33.5. The molecule has 5 amide bonds. The molecule has 21 heteroatoms. The van der Waals surface area contributed by atoms with Gasteiger partial charge in [-0.05, 0) is 35.2 Å². The number of aliphatic carboxylic acids is 1. The predicted octanol–water partition coefficient (Wildman–Crippen LogP) is 3.76. The number of carboxylic acid groups (broad SMARTS) is 1. The van der Waals surface area contributed by atoms with E-state index in [1.165, 1.54) is 0 Å². The molecule has 2 aliphatic heterocycles. The average molecular weight is 1000 g/mol. The third-order valence-electron chi connectivity index (χ3n) is 11.3. The van der Waals surface area contributed by atoms with Gasteiger partial charge in [0.25, 0.3) is 11.8 Å². The van der Waals surface area contributed by atoms with Crippen molar-refractivity contribution in [3.8, 4) is 11.1 Å². The van der Waals surface area contributed by atoms with Crippen molar-refractivity contribution >= 4 is 47.3 Å². The maximum atomic E-state index is 15.3. The number of benzene rings is 2. The Hall–Kier alpha value is -5.58. The maximum absolute atomic E-state index is 15.3. The van der Waals surface area contributed by atoms with Gasteiger partial charge in [0.15, 0.2) is 0 Å². The highest BCUT2D eigenvalue weighted by Crippen LogP contribution is 2.42. The fourth-order valence-electron chi connectivity index (χ4n) is 7.86. The van der Waals surface area contributed by atoms with E-state index < -0.39 is 70.8 Å². The summed E-state index contributed by atoms with van der Waals surface area (Å²) >= 11 is 1.02. The van der Waals surface area contributed by atoms with Gasteiger partial charge in [0.2, 0.25) is 17.7 Å². The predicted molar refractivity (Wildman–Crippen MR) is 254 cm³/mol. The second kappa shape index (κ2) is 27.7. The second-order valence-corrected chi connectivity index (χ2v) is 18.8. The number of nitrogens with one attached hydrogen (secondary N) is 3. The van der Waals surface area contributed by atoms with E-state index in [1.54, 1.807) is 17.2 Å². The van der Waals surface area contributed by atoms with Crippen LogP contribution in [0.5, 0.6) is 0 Å². The highest BCUT2D eigenvalue weighted by atomic mass is 32.2. The van der Waals surface area contributed by atoms with Crippen LogP contribution in [0.3, 0.4) is 0 Å². The van der Waals surface area contributed by atoms with Crippen molar-refractivity contribution in [1.82, 2.24) is 30.3 Å². The number of rotatable bonds is 30. The molecule has 1 aromatic heterocycles. The number of amides is 5. The van der Waals surface area contributed by atoms with E-state index in [0.717, 1.165) is 52.6 Å². The minimum absolute atomic E-state index is 0.00146. The normalized spacial score (nSPS) is 16.7. The number of imide groups is 1. The number of ether oxygens (including phenoxy) is 4. The van der Waals surface area contributed by atoms with E-state index in [1.807, 2.05) is 55.7 Å². The molecule has 5 rings (SSSR count). The molecular weight excluding hydrogens is 938 g/mol. The summed E-state index contributed by atoms with van der Waals surface area (Å²) in [6.45, 7) is 8.21. The second-order valence-electron chi connectivity index (χ2n) is 17.8. The summed E-state index contributed by atoms with van der Waals surface area (Å²) in [6.07, 6.45) is 2.59. The lowest BCUT2D eigenvalue weighted by Crippen LogP contribution is -2.47. The molecule has 1 fully saturated rings. The summed E-state index contributed by atoms with van der Waals surface area (Å²) in [5.74, 6) is -5.89. The standard InChI is InChI=1S/C49H63F3N6O11S/c1-49(2,3)47(41-23-34(37-24-36(50)9-10-38(37)51)28-56(41)27-33-7-5-4-6-8-33)58(29-35-25-53-26-39(35)52)46(63)32-70-31-40(48(64)65)55-42(59)13-15-66-17-19-68-21-22-69-20-18-67-16-14-54-43(60)30-57-44(61)11-12-45(57)62/h4-12,23-24,28,35,39-40,47,53H,13-22,25-27,29-32H2,1-3H3,(H,54,60)(H,55,59)(H,64,65)/t35-,39-,40-,47-/m0/s1. The molecule has 70 heavy (non-hydrogen) atoms. The molecule has 0 unspecified atom stereocenters. The van der Waals surface area contributed by atoms with Crippen LogP contribution in [-0.2, 0) is 54.3 Å². The molecule has 0 radical (unpaired) electrons. The molecule has 0 spiro atoms. The number of carbonyl (C=O) groups is 6. The molecule has 2 aromatic carbocycles. The van der Waals surface area contributed by atoms with E-state index in [9.17, 15) is 38.3 Å². The minimum Gasteiger partial charge on any atom is -0.480 e. The molecule has 0 bridgehead atoms. The van der Waals surface area contributed by atoms with Crippen LogP contribution in [0, 0.1) is 23.0 Å².